The number of hydrogen-bond acceptors (Lipinski definition) is 4. The molecule has 0 bridgehead atoms. The van der Waals surface area contributed by atoms with Gasteiger partial charge >= 0.3 is 0 Å². The van der Waals surface area contributed by atoms with Gasteiger partial charge in [-0.25, -0.2) is 18.7 Å². The minimum absolute atomic E-state index is 0. The number of aliphatic imine (C=N–C) groups is 1. The summed E-state index contributed by atoms with van der Waals surface area (Å²) in [6.45, 7) is 8.29. The minimum atomic E-state index is -0.564. The quantitative estimate of drug-likeness (QED) is 0.376. The molecular weight excluding hydrogens is 489 g/mol. The number of nitrogens with zero attached hydrogens (tertiary/aromatic N) is 5. The number of rotatable bonds is 5. The highest BCUT2D eigenvalue weighted by atomic mass is 127. The van der Waals surface area contributed by atoms with Crippen molar-refractivity contribution < 1.29 is 8.78 Å². The second-order valence-corrected chi connectivity index (χ2v) is 6.78. The van der Waals surface area contributed by atoms with Gasteiger partial charge in [0, 0.05) is 63.6 Å². The zero-order valence-electron chi connectivity index (χ0n) is 16.7. The van der Waals surface area contributed by atoms with Crippen LogP contribution in [0, 0.1) is 11.6 Å². The predicted molar refractivity (Wildman–Crippen MR) is 122 cm³/mol. The molecule has 2 heterocycles. The Morgan fingerprint density at radius 1 is 1.17 bits per heavy atom. The number of halogens is 3. The Balaban J connectivity index is 0.00000300. The predicted octanol–water partition coefficient (Wildman–Crippen LogP) is 3.26. The largest absolute Gasteiger partial charge is 0.357 e. The highest BCUT2D eigenvalue weighted by Crippen LogP contribution is 2.20. The summed E-state index contributed by atoms with van der Waals surface area (Å²) in [5, 5.41) is 3.31. The first-order valence-electron chi connectivity index (χ1n) is 9.58. The van der Waals surface area contributed by atoms with E-state index in [0.29, 0.717) is 12.1 Å². The van der Waals surface area contributed by atoms with Gasteiger partial charge < -0.3 is 15.1 Å². The molecule has 1 N–H and O–H groups in total. The summed E-state index contributed by atoms with van der Waals surface area (Å²) < 4.78 is 27.1. The average Bonchev–Trinajstić information content (AvgIpc) is 2.72. The Morgan fingerprint density at radius 2 is 1.86 bits per heavy atom. The molecule has 0 aliphatic carbocycles. The average molecular weight is 516 g/mol. The van der Waals surface area contributed by atoms with Gasteiger partial charge in [-0.15, -0.1) is 24.0 Å². The van der Waals surface area contributed by atoms with Crippen molar-refractivity contribution in [3.05, 3.63) is 53.9 Å². The van der Waals surface area contributed by atoms with Crippen molar-refractivity contribution in [2.45, 2.75) is 19.8 Å². The zero-order chi connectivity index (χ0) is 19.9. The molecule has 9 heteroatoms. The van der Waals surface area contributed by atoms with Crippen LogP contribution in [0.3, 0.4) is 0 Å². The van der Waals surface area contributed by atoms with Gasteiger partial charge in [0.05, 0.1) is 0 Å². The number of nitrogens with one attached hydrogen (secondary N) is 1. The number of benzene rings is 1. The summed E-state index contributed by atoms with van der Waals surface area (Å²) in [7, 11) is 0. The number of guanidine groups is 1. The number of anilines is 1. The second kappa shape index (κ2) is 11.2. The molecule has 0 amide bonds. The van der Waals surface area contributed by atoms with Crippen LogP contribution in [0.4, 0.5) is 14.7 Å². The lowest BCUT2D eigenvalue weighted by molar-refractivity contribution is 0.369. The van der Waals surface area contributed by atoms with E-state index in [9.17, 15) is 8.78 Å². The molecule has 29 heavy (non-hydrogen) atoms. The first kappa shape index (κ1) is 23.2. The highest BCUT2D eigenvalue weighted by Gasteiger charge is 2.21. The Hall–Kier alpha value is -2.04. The molecule has 1 aromatic carbocycles. The van der Waals surface area contributed by atoms with E-state index in [1.165, 1.54) is 12.1 Å². The normalized spacial score (nSPS) is 15.7. The molecule has 6 nitrogen and oxygen atoms in total. The summed E-state index contributed by atoms with van der Waals surface area (Å²) in [5.74, 6) is 0.318. The van der Waals surface area contributed by atoms with Crippen LogP contribution in [0.1, 0.15) is 25.3 Å². The topological polar surface area (TPSA) is 56.7 Å². The van der Waals surface area contributed by atoms with E-state index >= 15 is 0 Å². The van der Waals surface area contributed by atoms with Crippen LogP contribution >= 0.6 is 24.0 Å². The first-order chi connectivity index (χ1) is 13.6. The monoisotopic (exact) mass is 516 g/mol. The fourth-order valence-electron chi connectivity index (χ4n) is 3.22. The molecule has 0 saturated carbocycles. The van der Waals surface area contributed by atoms with Crippen molar-refractivity contribution in [3.8, 4) is 0 Å². The molecule has 0 radical (unpaired) electrons. The maximum absolute atomic E-state index is 14.0. The fraction of sp³-hybridized carbons (Fsp3) is 0.450. The lowest BCUT2D eigenvalue weighted by Gasteiger charge is -2.36. The SMILES string of the molecule is CCNC(=NCC(C)c1ccc(F)cc1F)N1CCN(c2ncccn2)CC1.I. The van der Waals surface area contributed by atoms with Gasteiger partial charge in [0.2, 0.25) is 5.95 Å². The van der Waals surface area contributed by atoms with Crippen molar-refractivity contribution >= 4 is 35.9 Å². The maximum atomic E-state index is 14.0. The Kier molecular flexibility index (Phi) is 8.99. The van der Waals surface area contributed by atoms with Crippen LogP contribution in [0.25, 0.3) is 0 Å². The molecule has 1 atom stereocenters. The number of piperazine rings is 1. The van der Waals surface area contributed by atoms with E-state index in [4.69, 9.17) is 4.99 Å². The number of hydrogen-bond donors (Lipinski definition) is 1. The molecule has 158 valence electrons. The van der Waals surface area contributed by atoms with Crippen molar-refractivity contribution in [3.63, 3.8) is 0 Å². The summed E-state index contributed by atoms with van der Waals surface area (Å²) in [5.41, 5.74) is 0.479. The Bertz CT molecular complexity index is 797. The van der Waals surface area contributed by atoms with Gasteiger partial charge in [-0.3, -0.25) is 4.99 Å². The third-order valence-electron chi connectivity index (χ3n) is 4.76. The first-order valence-corrected chi connectivity index (χ1v) is 9.58. The lowest BCUT2D eigenvalue weighted by atomic mass is 10.0. The Morgan fingerprint density at radius 3 is 2.48 bits per heavy atom. The molecular formula is C20H27F2IN6. The van der Waals surface area contributed by atoms with Gasteiger partial charge in [0.1, 0.15) is 11.6 Å². The van der Waals surface area contributed by atoms with Gasteiger partial charge in [0.15, 0.2) is 5.96 Å². The van der Waals surface area contributed by atoms with Gasteiger partial charge in [-0.05, 0) is 24.6 Å². The fourth-order valence-corrected chi connectivity index (χ4v) is 3.22. The van der Waals surface area contributed by atoms with Crippen LogP contribution < -0.4 is 10.2 Å². The van der Waals surface area contributed by atoms with Crippen LogP contribution in [0.2, 0.25) is 0 Å². The van der Waals surface area contributed by atoms with E-state index < -0.39 is 11.6 Å². The van der Waals surface area contributed by atoms with Crippen molar-refractivity contribution in [2.75, 3.05) is 44.2 Å². The van der Waals surface area contributed by atoms with Crippen LogP contribution in [-0.4, -0.2) is 60.1 Å². The van der Waals surface area contributed by atoms with Crippen LogP contribution in [-0.2, 0) is 0 Å². The zero-order valence-corrected chi connectivity index (χ0v) is 19.0. The van der Waals surface area contributed by atoms with E-state index in [1.54, 1.807) is 18.5 Å². The summed E-state index contributed by atoms with van der Waals surface area (Å²) in [6.07, 6.45) is 3.49. The molecule has 2 aromatic rings. The van der Waals surface area contributed by atoms with Gasteiger partial charge in [-0.2, -0.15) is 0 Å². The van der Waals surface area contributed by atoms with E-state index in [2.05, 4.69) is 25.1 Å². The molecule has 1 aromatic heterocycles. The van der Waals surface area contributed by atoms with Crippen LogP contribution in [0.5, 0.6) is 0 Å². The third-order valence-corrected chi connectivity index (χ3v) is 4.76. The third kappa shape index (κ3) is 6.22. The summed E-state index contributed by atoms with van der Waals surface area (Å²) in [4.78, 5) is 17.6. The molecule has 3 rings (SSSR count). The van der Waals surface area contributed by atoms with E-state index in [-0.39, 0.29) is 29.9 Å². The van der Waals surface area contributed by atoms with E-state index in [1.807, 2.05) is 13.8 Å². The van der Waals surface area contributed by atoms with Crippen molar-refractivity contribution in [2.24, 2.45) is 4.99 Å². The molecule has 1 aliphatic heterocycles. The minimum Gasteiger partial charge on any atom is -0.357 e. The van der Waals surface area contributed by atoms with Gasteiger partial charge in [0.25, 0.3) is 0 Å². The standard InChI is InChI=1S/C20H26F2N6.HI/c1-3-23-19(26-14-15(2)17-6-5-16(21)13-18(17)22)27-9-11-28(12-10-27)20-24-7-4-8-25-20;/h4-8,13,15H,3,9-12,14H2,1-2H3,(H,23,26);1H. The van der Waals surface area contributed by atoms with Crippen molar-refractivity contribution in [1.29, 1.82) is 0 Å². The maximum Gasteiger partial charge on any atom is 0.225 e. The summed E-state index contributed by atoms with van der Waals surface area (Å²) in [6, 6.07) is 5.51. The van der Waals surface area contributed by atoms with Crippen LogP contribution in [0.15, 0.2) is 41.7 Å². The molecule has 0 spiro atoms. The number of aromatic nitrogens is 2. The second-order valence-electron chi connectivity index (χ2n) is 6.78. The highest BCUT2D eigenvalue weighted by molar-refractivity contribution is 14.0. The molecule has 1 saturated heterocycles. The summed E-state index contributed by atoms with van der Waals surface area (Å²) >= 11 is 0. The Labute approximate surface area is 187 Å². The smallest absolute Gasteiger partial charge is 0.225 e. The lowest BCUT2D eigenvalue weighted by Crippen LogP contribution is -2.53. The molecule has 1 unspecified atom stereocenters. The molecule has 1 fully saturated rings. The van der Waals surface area contributed by atoms with E-state index in [0.717, 1.165) is 50.7 Å². The molecule has 1 aliphatic rings. The van der Waals surface area contributed by atoms with Gasteiger partial charge in [-0.1, -0.05) is 13.0 Å². The van der Waals surface area contributed by atoms with Crippen molar-refractivity contribution in [1.82, 2.24) is 20.2 Å².